The number of hydrogen-bond acceptors (Lipinski definition) is 0. The average molecular weight is 230 g/mol. The summed E-state index contributed by atoms with van der Waals surface area (Å²) in [6, 6.07) is 4.98. The fourth-order valence-corrected chi connectivity index (χ4v) is 2.87. The first-order valence-electron chi connectivity index (χ1n) is 6.86. The van der Waals surface area contributed by atoms with Crippen LogP contribution in [0.2, 0.25) is 0 Å². The summed E-state index contributed by atoms with van der Waals surface area (Å²) in [6.45, 7) is 14.0. The molecule has 0 heterocycles. The van der Waals surface area contributed by atoms with Crippen molar-refractivity contribution in [1.82, 2.24) is 0 Å². The Balaban J connectivity index is 2.64. The molecule has 1 aliphatic rings. The van der Waals surface area contributed by atoms with Gasteiger partial charge >= 0.3 is 0 Å². The molecule has 0 atom stereocenters. The van der Waals surface area contributed by atoms with Crippen LogP contribution in [-0.2, 0) is 23.7 Å². The molecule has 0 saturated heterocycles. The van der Waals surface area contributed by atoms with Crippen LogP contribution in [0.25, 0.3) is 0 Å². The third kappa shape index (κ3) is 2.41. The van der Waals surface area contributed by atoms with Gasteiger partial charge in [-0.2, -0.15) is 0 Å². The van der Waals surface area contributed by atoms with Crippen LogP contribution in [0.15, 0.2) is 12.1 Å². The Labute approximate surface area is 106 Å². The minimum absolute atomic E-state index is 0.250. The van der Waals surface area contributed by atoms with E-state index >= 15 is 0 Å². The van der Waals surface area contributed by atoms with E-state index in [1.165, 1.54) is 19.3 Å². The second-order valence-corrected chi connectivity index (χ2v) is 7.52. The SMILES string of the molecule is CC(C)(C)c1cc2c(cc1C(C)(C)C)CCC2. The first kappa shape index (κ1) is 12.7. The molecule has 0 aliphatic heterocycles. The molecule has 2 rings (SSSR count). The Hall–Kier alpha value is -0.780. The molecule has 0 N–H and O–H groups in total. The van der Waals surface area contributed by atoms with Crippen LogP contribution in [-0.4, -0.2) is 0 Å². The van der Waals surface area contributed by atoms with Crippen molar-refractivity contribution >= 4 is 0 Å². The first-order valence-corrected chi connectivity index (χ1v) is 6.86. The van der Waals surface area contributed by atoms with Gasteiger partial charge in [-0.05, 0) is 52.3 Å². The predicted octanol–water partition coefficient (Wildman–Crippen LogP) is 4.77. The molecular weight excluding hydrogens is 204 g/mol. The molecule has 0 heteroatoms. The molecule has 0 amide bonds. The number of aryl methyl sites for hydroxylation is 2. The van der Waals surface area contributed by atoms with E-state index in [0.29, 0.717) is 0 Å². The maximum atomic E-state index is 2.49. The lowest BCUT2D eigenvalue weighted by atomic mass is 9.74. The lowest BCUT2D eigenvalue weighted by Crippen LogP contribution is -2.22. The summed E-state index contributed by atoms with van der Waals surface area (Å²) in [7, 11) is 0. The van der Waals surface area contributed by atoms with Crippen molar-refractivity contribution in [3.63, 3.8) is 0 Å². The van der Waals surface area contributed by atoms with Crippen molar-refractivity contribution in [2.75, 3.05) is 0 Å². The third-order valence-electron chi connectivity index (χ3n) is 3.85. The zero-order valence-corrected chi connectivity index (χ0v) is 12.3. The Morgan fingerprint density at radius 2 is 1.06 bits per heavy atom. The van der Waals surface area contributed by atoms with Gasteiger partial charge in [-0.3, -0.25) is 0 Å². The van der Waals surface area contributed by atoms with Gasteiger partial charge in [-0.1, -0.05) is 53.7 Å². The van der Waals surface area contributed by atoms with Gasteiger partial charge in [0.1, 0.15) is 0 Å². The fourth-order valence-electron chi connectivity index (χ4n) is 2.87. The second-order valence-electron chi connectivity index (χ2n) is 7.52. The van der Waals surface area contributed by atoms with Gasteiger partial charge in [-0.15, -0.1) is 0 Å². The van der Waals surface area contributed by atoms with Crippen LogP contribution in [0.1, 0.15) is 70.2 Å². The molecule has 1 aromatic carbocycles. The highest BCUT2D eigenvalue weighted by Gasteiger charge is 2.27. The Morgan fingerprint density at radius 1 is 0.706 bits per heavy atom. The van der Waals surface area contributed by atoms with Crippen molar-refractivity contribution in [3.8, 4) is 0 Å². The van der Waals surface area contributed by atoms with Crippen LogP contribution < -0.4 is 0 Å². The highest BCUT2D eigenvalue weighted by atomic mass is 14.3. The molecule has 94 valence electrons. The summed E-state index contributed by atoms with van der Waals surface area (Å²) in [6.07, 6.45) is 3.90. The summed E-state index contributed by atoms with van der Waals surface area (Å²) in [5.41, 5.74) is 6.79. The summed E-state index contributed by atoms with van der Waals surface area (Å²) < 4.78 is 0. The molecule has 0 saturated carbocycles. The lowest BCUT2D eigenvalue weighted by Gasteiger charge is -2.31. The molecule has 0 unspecified atom stereocenters. The van der Waals surface area contributed by atoms with Gasteiger partial charge in [0.25, 0.3) is 0 Å². The summed E-state index contributed by atoms with van der Waals surface area (Å²) in [5.74, 6) is 0. The first-order chi connectivity index (χ1) is 7.69. The molecule has 1 aromatic rings. The van der Waals surface area contributed by atoms with E-state index in [1.54, 1.807) is 22.3 Å². The Bertz CT molecular complexity index is 384. The van der Waals surface area contributed by atoms with Crippen molar-refractivity contribution in [2.45, 2.75) is 71.6 Å². The Morgan fingerprint density at radius 3 is 1.35 bits per heavy atom. The monoisotopic (exact) mass is 230 g/mol. The lowest BCUT2D eigenvalue weighted by molar-refractivity contribution is 0.529. The number of hydrogen-bond donors (Lipinski definition) is 0. The van der Waals surface area contributed by atoms with Gasteiger partial charge in [-0.25, -0.2) is 0 Å². The number of rotatable bonds is 0. The van der Waals surface area contributed by atoms with E-state index in [1.807, 2.05) is 0 Å². The normalized spacial score (nSPS) is 16.1. The molecule has 0 radical (unpaired) electrons. The van der Waals surface area contributed by atoms with Gasteiger partial charge in [0, 0.05) is 0 Å². The van der Waals surface area contributed by atoms with Gasteiger partial charge in [0.15, 0.2) is 0 Å². The van der Waals surface area contributed by atoms with E-state index in [-0.39, 0.29) is 10.8 Å². The zero-order valence-electron chi connectivity index (χ0n) is 12.3. The van der Waals surface area contributed by atoms with E-state index in [9.17, 15) is 0 Å². The highest BCUT2D eigenvalue weighted by Crippen LogP contribution is 2.37. The Kier molecular flexibility index (Phi) is 2.88. The average Bonchev–Trinajstić information content (AvgIpc) is 2.59. The third-order valence-corrected chi connectivity index (χ3v) is 3.85. The van der Waals surface area contributed by atoms with Crippen LogP contribution >= 0.6 is 0 Å². The molecule has 0 bridgehead atoms. The second kappa shape index (κ2) is 3.86. The summed E-state index contributed by atoms with van der Waals surface area (Å²) in [5, 5.41) is 0. The van der Waals surface area contributed by atoms with Crippen molar-refractivity contribution in [3.05, 3.63) is 34.4 Å². The van der Waals surface area contributed by atoms with Gasteiger partial charge < -0.3 is 0 Å². The minimum atomic E-state index is 0.250. The van der Waals surface area contributed by atoms with Crippen molar-refractivity contribution < 1.29 is 0 Å². The smallest absolute Gasteiger partial charge is 0.0129 e. The number of fused-ring (bicyclic) bond motifs is 1. The van der Waals surface area contributed by atoms with E-state index in [2.05, 4.69) is 53.7 Å². The van der Waals surface area contributed by atoms with Gasteiger partial charge in [0.05, 0.1) is 0 Å². The molecule has 0 nitrogen and oxygen atoms in total. The van der Waals surface area contributed by atoms with Crippen LogP contribution in [0.3, 0.4) is 0 Å². The van der Waals surface area contributed by atoms with Crippen molar-refractivity contribution in [2.24, 2.45) is 0 Å². The van der Waals surface area contributed by atoms with E-state index < -0.39 is 0 Å². The highest BCUT2D eigenvalue weighted by molar-refractivity contribution is 5.46. The quantitative estimate of drug-likeness (QED) is 0.602. The van der Waals surface area contributed by atoms with Crippen molar-refractivity contribution in [1.29, 1.82) is 0 Å². The number of benzene rings is 1. The molecule has 0 fully saturated rings. The zero-order chi connectivity index (χ0) is 12.8. The standard InChI is InChI=1S/C17H26/c1-16(2,3)14-10-12-8-7-9-13(12)11-15(14)17(4,5)6/h10-11H,7-9H2,1-6H3. The van der Waals surface area contributed by atoms with Crippen LogP contribution in [0.5, 0.6) is 0 Å². The molecular formula is C17H26. The molecule has 0 aromatic heterocycles. The minimum Gasteiger partial charge on any atom is -0.0561 e. The van der Waals surface area contributed by atoms with Crippen LogP contribution in [0.4, 0.5) is 0 Å². The topological polar surface area (TPSA) is 0 Å². The molecule has 1 aliphatic carbocycles. The van der Waals surface area contributed by atoms with Crippen LogP contribution in [0, 0.1) is 0 Å². The molecule has 17 heavy (non-hydrogen) atoms. The maximum absolute atomic E-state index is 2.49. The van der Waals surface area contributed by atoms with E-state index in [0.717, 1.165) is 0 Å². The van der Waals surface area contributed by atoms with E-state index in [4.69, 9.17) is 0 Å². The fraction of sp³-hybridized carbons (Fsp3) is 0.647. The molecule has 0 spiro atoms. The summed E-state index contributed by atoms with van der Waals surface area (Å²) in [4.78, 5) is 0. The summed E-state index contributed by atoms with van der Waals surface area (Å²) >= 11 is 0. The maximum Gasteiger partial charge on any atom is -0.0129 e. The largest absolute Gasteiger partial charge is 0.0561 e. The predicted molar refractivity (Wildman–Crippen MR) is 75.9 cm³/mol. The van der Waals surface area contributed by atoms with Gasteiger partial charge in [0.2, 0.25) is 0 Å².